The molecule has 6 aromatic rings. The van der Waals surface area contributed by atoms with Gasteiger partial charge in [-0.05, 0) is 127 Å². The van der Waals surface area contributed by atoms with E-state index in [4.69, 9.17) is 43.4 Å². The molecule has 0 amide bonds. The second-order valence-corrected chi connectivity index (χ2v) is 15.4. The summed E-state index contributed by atoms with van der Waals surface area (Å²) in [4.78, 5) is 27.4. The number of allylic oxidation sites excluding steroid dienone is 8. The third kappa shape index (κ3) is 11.7. The van der Waals surface area contributed by atoms with Gasteiger partial charge in [0, 0.05) is 50.8 Å². The van der Waals surface area contributed by atoms with Crippen molar-refractivity contribution < 1.29 is 19.0 Å². The summed E-state index contributed by atoms with van der Waals surface area (Å²) in [6, 6.07) is 34.9. The van der Waals surface area contributed by atoms with E-state index in [1.165, 1.54) is 11.1 Å². The van der Waals surface area contributed by atoms with Gasteiger partial charge in [0.05, 0.1) is 34.9 Å². The first-order chi connectivity index (χ1) is 33.0. The van der Waals surface area contributed by atoms with Gasteiger partial charge in [-0.1, -0.05) is 65.8 Å². The third-order valence-corrected chi connectivity index (χ3v) is 10.7. The number of H-pyrrole nitrogens is 2. The molecule has 0 saturated heterocycles. The van der Waals surface area contributed by atoms with Crippen molar-refractivity contribution in [2.24, 2.45) is 0 Å². The maximum Gasteiger partial charge on any atom is 0.155 e. The summed E-state index contributed by atoms with van der Waals surface area (Å²) in [6.45, 7) is 0.697. The first kappa shape index (κ1) is 44.5. The van der Waals surface area contributed by atoms with Crippen molar-refractivity contribution in [2.45, 2.75) is 19.3 Å². The maximum atomic E-state index is 10.3. The number of carbonyl (C=O) groups is 1. The highest BCUT2D eigenvalue weighted by molar-refractivity contribution is 5.93. The fraction of sp³-hybridized carbons (Fsp3) is 0.102. The lowest BCUT2D eigenvalue weighted by atomic mass is 10.0. The van der Waals surface area contributed by atoms with Gasteiger partial charge in [-0.15, -0.1) is 19.3 Å². The highest BCUT2D eigenvalue weighted by Gasteiger charge is 2.15. The van der Waals surface area contributed by atoms with E-state index in [0.717, 1.165) is 104 Å². The van der Waals surface area contributed by atoms with Gasteiger partial charge >= 0.3 is 0 Å². The minimum absolute atomic E-state index is 0.223. The number of nitrogens with zero attached hydrogens (tertiary/aromatic N) is 2. The SMILES string of the molecule is C#CCOc1ccc(-c2c3nc(cc4ccc([nH]4)c(-c4ccc(OCC#C)cc4)c4nc(cc5ccc2[nH]5)C=C4)C=C3)cc1.C#CCOc1ccc(C=O)cc1.[C+]1=CC=C(CC2=CC=CC2)C1. The van der Waals surface area contributed by atoms with Gasteiger partial charge < -0.3 is 24.2 Å². The minimum Gasteiger partial charge on any atom is -0.481 e. The summed E-state index contributed by atoms with van der Waals surface area (Å²) < 4.78 is 16.3. The van der Waals surface area contributed by atoms with E-state index in [2.05, 4.69) is 82.4 Å². The molecule has 0 atom stereocenters. The Morgan fingerprint density at radius 1 is 0.597 bits per heavy atom. The molecule has 2 aliphatic heterocycles. The molecule has 324 valence electrons. The van der Waals surface area contributed by atoms with E-state index >= 15 is 0 Å². The lowest BCUT2D eigenvalue weighted by molar-refractivity contribution is 0.112. The van der Waals surface area contributed by atoms with E-state index in [-0.39, 0.29) is 19.8 Å². The van der Waals surface area contributed by atoms with Gasteiger partial charge in [0.15, 0.2) is 6.08 Å². The number of carbonyl (C=O) groups excluding carboxylic acids is 1. The molecule has 3 aromatic carbocycles. The Balaban J connectivity index is 0.000000214. The van der Waals surface area contributed by atoms with E-state index in [0.29, 0.717) is 11.3 Å². The van der Waals surface area contributed by atoms with Crippen LogP contribution in [0.1, 0.15) is 52.4 Å². The predicted molar refractivity (Wildman–Crippen MR) is 272 cm³/mol. The van der Waals surface area contributed by atoms with Crippen LogP contribution in [0.5, 0.6) is 17.2 Å². The highest BCUT2D eigenvalue weighted by atomic mass is 16.5. The monoisotopic (exact) mass is 873 g/mol. The number of rotatable bonds is 11. The van der Waals surface area contributed by atoms with Crippen LogP contribution in [-0.4, -0.2) is 46.0 Å². The first-order valence-electron chi connectivity index (χ1n) is 21.6. The van der Waals surface area contributed by atoms with Crippen molar-refractivity contribution in [3.63, 3.8) is 0 Å². The molecule has 0 spiro atoms. The fourth-order valence-electron chi connectivity index (χ4n) is 7.60. The van der Waals surface area contributed by atoms with Crippen molar-refractivity contribution in [1.82, 2.24) is 19.9 Å². The molecule has 0 fully saturated rings. The van der Waals surface area contributed by atoms with Gasteiger partial charge in [-0.25, -0.2) is 9.97 Å². The average Bonchev–Trinajstić information content (AvgIpc) is 4.24. The summed E-state index contributed by atoms with van der Waals surface area (Å²) in [7, 11) is 0. The third-order valence-electron chi connectivity index (χ3n) is 10.7. The van der Waals surface area contributed by atoms with Gasteiger partial charge in [-0.2, -0.15) is 0 Å². The van der Waals surface area contributed by atoms with Crippen molar-refractivity contribution >= 4 is 52.7 Å². The van der Waals surface area contributed by atoms with Crippen LogP contribution in [0.4, 0.5) is 0 Å². The zero-order valence-corrected chi connectivity index (χ0v) is 36.7. The smallest absolute Gasteiger partial charge is 0.155 e. The topological polar surface area (TPSA) is 102 Å². The van der Waals surface area contributed by atoms with Crippen LogP contribution < -0.4 is 14.2 Å². The number of hydrogen-bond acceptors (Lipinski definition) is 6. The summed E-state index contributed by atoms with van der Waals surface area (Å²) in [5, 5.41) is 0. The number of terminal acetylenes is 3. The van der Waals surface area contributed by atoms with Gasteiger partial charge in [-0.3, -0.25) is 4.79 Å². The minimum atomic E-state index is 0.223. The summed E-state index contributed by atoms with van der Waals surface area (Å²) in [6.07, 6.45) is 41.9. The van der Waals surface area contributed by atoms with Gasteiger partial charge in [0.1, 0.15) is 49.8 Å². The molecule has 2 N–H and O–H groups in total. The normalized spacial score (nSPS) is 12.4. The average molecular weight is 874 g/mol. The van der Waals surface area contributed by atoms with Crippen LogP contribution in [0.25, 0.3) is 68.6 Å². The number of aromatic amines is 2. The standard InChI is InChI=1S/C38H26N4O2.C11H11.C10H8O2/c1-3-21-43-31-13-5-25(6-14-31)37-33-17-9-27(39-33)23-29-11-19-35(41-29)38(26-7-15-32(16-8-26)44-22-4-2)36-20-12-30(42-36)24-28-10-18-34(37)40-28;1-2-6-10(5-1)9-11-7-3-4-8-11;1-2-7-12-10-5-3-9(8-11)4-6-10/h1-2,5-20,23-24,39,42H,21-22H2;1-3,5,7H,6,8-9H2;1,3-6,8H,7H2/q;+1;. The van der Waals surface area contributed by atoms with Crippen molar-refractivity contribution in [1.29, 1.82) is 0 Å². The van der Waals surface area contributed by atoms with Crippen LogP contribution in [-0.2, 0) is 0 Å². The number of aromatic nitrogens is 4. The van der Waals surface area contributed by atoms with Crippen molar-refractivity contribution in [3.8, 4) is 76.5 Å². The van der Waals surface area contributed by atoms with E-state index in [9.17, 15) is 4.79 Å². The molecule has 0 unspecified atom stereocenters. The Morgan fingerprint density at radius 2 is 1.09 bits per heavy atom. The Kier molecular flexibility index (Phi) is 14.6. The van der Waals surface area contributed by atoms with Crippen LogP contribution >= 0.6 is 0 Å². The Bertz CT molecular complexity index is 3060. The molecule has 5 heterocycles. The molecular formula is C59H45N4O4+. The number of fused-ring (bicyclic) bond motifs is 8. The molecule has 3 aromatic heterocycles. The first-order valence-corrected chi connectivity index (χ1v) is 21.6. The number of hydrogen-bond donors (Lipinski definition) is 2. The summed E-state index contributed by atoms with van der Waals surface area (Å²) >= 11 is 0. The molecule has 8 heteroatoms. The number of benzene rings is 3. The molecule has 8 bridgehead atoms. The van der Waals surface area contributed by atoms with Crippen molar-refractivity contribution in [3.05, 3.63) is 185 Å². The van der Waals surface area contributed by atoms with Crippen LogP contribution in [0.3, 0.4) is 0 Å². The Morgan fingerprint density at radius 3 is 1.51 bits per heavy atom. The number of ether oxygens (including phenoxy) is 3. The molecule has 0 saturated carbocycles. The highest BCUT2D eigenvalue weighted by Crippen LogP contribution is 2.34. The zero-order chi connectivity index (χ0) is 46.2. The molecule has 10 rings (SSSR count). The Labute approximate surface area is 390 Å². The molecule has 0 radical (unpaired) electrons. The number of aldehydes is 1. The lowest BCUT2D eigenvalue weighted by Gasteiger charge is -2.06. The lowest BCUT2D eigenvalue weighted by Crippen LogP contribution is -1.93. The van der Waals surface area contributed by atoms with Crippen LogP contribution in [0.2, 0.25) is 0 Å². The zero-order valence-electron chi connectivity index (χ0n) is 36.7. The largest absolute Gasteiger partial charge is 0.481 e. The molecule has 4 aliphatic rings. The number of nitrogens with one attached hydrogen (secondary N) is 2. The van der Waals surface area contributed by atoms with Crippen molar-refractivity contribution in [2.75, 3.05) is 19.8 Å². The maximum absolute atomic E-state index is 10.3. The van der Waals surface area contributed by atoms with E-state index < -0.39 is 0 Å². The molecule has 2 aliphatic carbocycles. The Hall–Kier alpha value is -9.12. The van der Waals surface area contributed by atoms with E-state index in [1.54, 1.807) is 24.3 Å². The van der Waals surface area contributed by atoms with Gasteiger partial charge in [0.25, 0.3) is 0 Å². The van der Waals surface area contributed by atoms with Crippen LogP contribution in [0, 0.1) is 43.1 Å². The van der Waals surface area contributed by atoms with Gasteiger partial charge in [0.2, 0.25) is 0 Å². The fourth-order valence-corrected chi connectivity index (χ4v) is 7.60. The summed E-state index contributed by atoms with van der Waals surface area (Å²) in [5.74, 6) is 9.48. The molecule has 8 nitrogen and oxygen atoms in total. The predicted octanol–water partition coefficient (Wildman–Crippen LogP) is 12.5. The molecular weight excluding hydrogens is 829 g/mol. The summed E-state index contributed by atoms with van der Waals surface area (Å²) in [5.41, 5.74) is 14.8. The second-order valence-electron chi connectivity index (χ2n) is 15.4. The quantitative estimate of drug-likeness (QED) is 0.0762. The van der Waals surface area contributed by atoms with E-state index in [1.807, 2.05) is 91.0 Å². The molecule has 67 heavy (non-hydrogen) atoms. The second kappa shape index (κ2) is 22.0. The van der Waals surface area contributed by atoms with Crippen LogP contribution in [0.15, 0.2) is 151 Å².